The highest BCUT2D eigenvalue weighted by atomic mass is 16.6. The number of amides is 1. The van der Waals surface area contributed by atoms with E-state index in [2.05, 4.69) is 0 Å². The first-order chi connectivity index (χ1) is 19.5. The first kappa shape index (κ1) is 30.4. The van der Waals surface area contributed by atoms with Gasteiger partial charge in [-0.2, -0.15) is 0 Å². The smallest absolute Gasteiger partial charge is 0.410 e. The summed E-state index contributed by atoms with van der Waals surface area (Å²) in [6, 6.07) is 13.5. The van der Waals surface area contributed by atoms with Gasteiger partial charge in [-0.1, -0.05) is 44.0 Å². The minimum Gasteiger partial charge on any atom is -0.459 e. The number of aromatic nitrogens is 1. The predicted molar refractivity (Wildman–Crippen MR) is 161 cm³/mol. The third kappa shape index (κ3) is 7.57. The van der Waals surface area contributed by atoms with E-state index >= 15 is 0 Å². The van der Waals surface area contributed by atoms with Crippen LogP contribution >= 0.6 is 0 Å². The largest absolute Gasteiger partial charge is 0.459 e. The van der Waals surface area contributed by atoms with Crippen LogP contribution in [-0.2, 0) is 22.3 Å². The lowest BCUT2D eigenvalue weighted by atomic mass is 10.0. The summed E-state index contributed by atoms with van der Waals surface area (Å²) in [5.41, 5.74) is 4.03. The molecule has 41 heavy (non-hydrogen) atoms. The number of carbonyl (C=O) groups is 3. The summed E-state index contributed by atoms with van der Waals surface area (Å²) >= 11 is 0. The lowest BCUT2D eigenvalue weighted by Gasteiger charge is -2.31. The fourth-order valence-electron chi connectivity index (χ4n) is 5.54. The maximum Gasteiger partial charge on any atom is 0.410 e. The molecule has 0 aliphatic heterocycles. The van der Waals surface area contributed by atoms with Crippen LogP contribution in [-0.4, -0.2) is 51.4 Å². The molecule has 1 aliphatic rings. The predicted octanol–water partition coefficient (Wildman–Crippen LogP) is 7.41. The van der Waals surface area contributed by atoms with Gasteiger partial charge in [0.1, 0.15) is 5.60 Å². The number of pyridine rings is 1. The Morgan fingerprint density at radius 1 is 1.00 bits per heavy atom. The van der Waals surface area contributed by atoms with Gasteiger partial charge >= 0.3 is 12.1 Å². The van der Waals surface area contributed by atoms with Crippen molar-refractivity contribution in [1.29, 1.82) is 0 Å². The maximum absolute atomic E-state index is 13.6. The van der Waals surface area contributed by atoms with Gasteiger partial charge in [-0.25, -0.2) is 9.59 Å². The summed E-state index contributed by atoms with van der Waals surface area (Å²) in [7, 11) is 0. The highest BCUT2D eigenvalue weighted by molar-refractivity contribution is 6.09. The monoisotopic (exact) mass is 560 g/mol. The Hall–Kier alpha value is -3.61. The molecule has 3 aromatic rings. The number of hydrogen-bond donors (Lipinski definition) is 0. The summed E-state index contributed by atoms with van der Waals surface area (Å²) in [5, 5.41) is 0. The third-order valence-corrected chi connectivity index (χ3v) is 7.50. The summed E-state index contributed by atoms with van der Waals surface area (Å²) in [4.78, 5) is 40.9. The Balaban J connectivity index is 1.44. The minimum atomic E-state index is -0.513. The van der Waals surface area contributed by atoms with E-state index in [1.807, 2.05) is 81.2 Å². The van der Waals surface area contributed by atoms with Gasteiger partial charge in [0.05, 0.1) is 17.4 Å². The van der Waals surface area contributed by atoms with Crippen molar-refractivity contribution in [1.82, 2.24) is 9.30 Å². The van der Waals surface area contributed by atoms with Gasteiger partial charge in [0, 0.05) is 29.9 Å². The summed E-state index contributed by atoms with van der Waals surface area (Å²) in [5.74, 6) is -0.425. The molecule has 1 aliphatic carbocycles. The van der Waals surface area contributed by atoms with E-state index in [1.165, 1.54) is 0 Å². The molecule has 0 N–H and O–H groups in total. The van der Waals surface area contributed by atoms with Crippen molar-refractivity contribution in [2.75, 3.05) is 6.54 Å². The molecule has 0 spiro atoms. The third-order valence-electron chi connectivity index (χ3n) is 7.50. The highest BCUT2D eigenvalue weighted by Crippen LogP contribution is 2.26. The van der Waals surface area contributed by atoms with Gasteiger partial charge < -0.3 is 18.8 Å². The number of esters is 1. The molecule has 1 saturated carbocycles. The molecule has 7 nitrogen and oxygen atoms in total. The number of ether oxygens (including phenoxy) is 2. The number of ketones is 1. The molecule has 0 bridgehead atoms. The molecular formula is C34H44N2O5. The molecule has 2 heterocycles. The molecule has 0 atom stereocenters. The van der Waals surface area contributed by atoms with E-state index in [-0.39, 0.29) is 30.0 Å². The van der Waals surface area contributed by atoms with Gasteiger partial charge in [-0.3, -0.25) is 4.79 Å². The molecule has 1 fully saturated rings. The number of fused-ring (bicyclic) bond motifs is 1. The van der Waals surface area contributed by atoms with Crippen LogP contribution < -0.4 is 0 Å². The van der Waals surface area contributed by atoms with Crippen LogP contribution in [0, 0.1) is 0 Å². The van der Waals surface area contributed by atoms with Crippen LogP contribution in [0.3, 0.4) is 0 Å². The Kier molecular flexibility index (Phi) is 9.57. The van der Waals surface area contributed by atoms with E-state index in [4.69, 9.17) is 9.47 Å². The zero-order chi connectivity index (χ0) is 29.7. The quantitative estimate of drug-likeness (QED) is 0.191. The molecule has 1 amide bonds. The first-order valence-corrected chi connectivity index (χ1v) is 14.9. The van der Waals surface area contributed by atoms with Crippen LogP contribution in [0.2, 0.25) is 0 Å². The zero-order valence-electron chi connectivity index (χ0n) is 25.4. The Morgan fingerprint density at radius 3 is 2.29 bits per heavy atom. The van der Waals surface area contributed by atoms with E-state index in [9.17, 15) is 14.4 Å². The average Bonchev–Trinajstić information content (AvgIpc) is 3.57. The normalized spacial score (nSPS) is 14.0. The van der Waals surface area contributed by atoms with Gasteiger partial charge in [0.25, 0.3) is 0 Å². The zero-order valence-corrected chi connectivity index (χ0v) is 25.4. The second-order valence-corrected chi connectivity index (χ2v) is 12.3. The molecule has 4 rings (SSSR count). The van der Waals surface area contributed by atoms with Crippen LogP contribution in [0.15, 0.2) is 48.7 Å². The second kappa shape index (κ2) is 12.9. The van der Waals surface area contributed by atoms with Crippen LogP contribution in [0.25, 0.3) is 5.52 Å². The number of carbonyl (C=O) groups excluding carboxylic acids is 3. The SMILES string of the molecule is CCc1cc2cc(C(=O)OC(C)C)ccn2c1C(=O)c1ccc(CCCN(C(=O)OC(C)(C)C)C2CCCC2)cc1. The lowest BCUT2D eigenvalue weighted by Crippen LogP contribution is -2.43. The van der Waals surface area contributed by atoms with Gasteiger partial charge in [0.15, 0.2) is 0 Å². The number of hydrogen-bond acceptors (Lipinski definition) is 5. The van der Waals surface area contributed by atoms with Crippen molar-refractivity contribution in [2.24, 2.45) is 0 Å². The topological polar surface area (TPSA) is 77.3 Å². The number of nitrogens with zero attached hydrogens (tertiary/aromatic N) is 2. The molecular weight excluding hydrogens is 516 g/mol. The average molecular weight is 561 g/mol. The number of benzene rings is 1. The highest BCUT2D eigenvalue weighted by Gasteiger charge is 2.30. The lowest BCUT2D eigenvalue weighted by molar-refractivity contribution is 0.0162. The van der Waals surface area contributed by atoms with E-state index < -0.39 is 5.60 Å². The molecule has 220 valence electrons. The molecule has 0 radical (unpaired) electrons. The summed E-state index contributed by atoms with van der Waals surface area (Å²) in [6.45, 7) is 12.0. The summed E-state index contributed by atoms with van der Waals surface area (Å²) in [6.07, 6.45) is 8.06. The van der Waals surface area contributed by atoms with Gasteiger partial charge in [-0.05, 0) is 96.0 Å². The Labute approximate surface area is 243 Å². The van der Waals surface area contributed by atoms with Crippen LogP contribution in [0.1, 0.15) is 111 Å². The maximum atomic E-state index is 13.6. The Bertz CT molecular complexity index is 1370. The minimum absolute atomic E-state index is 0.0526. The number of rotatable bonds is 10. The van der Waals surface area contributed by atoms with Gasteiger partial charge in [0.2, 0.25) is 5.78 Å². The van der Waals surface area contributed by atoms with Crippen molar-refractivity contribution < 1.29 is 23.9 Å². The van der Waals surface area contributed by atoms with E-state index in [1.54, 1.807) is 18.3 Å². The van der Waals surface area contributed by atoms with Crippen molar-refractivity contribution in [3.63, 3.8) is 0 Å². The molecule has 2 aromatic heterocycles. The van der Waals surface area contributed by atoms with Crippen molar-refractivity contribution >= 4 is 23.4 Å². The van der Waals surface area contributed by atoms with Gasteiger partial charge in [-0.15, -0.1) is 0 Å². The fourth-order valence-corrected chi connectivity index (χ4v) is 5.54. The van der Waals surface area contributed by atoms with Crippen molar-refractivity contribution in [3.8, 4) is 0 Å². The second-order valence-electron chi connectivity index (χ2n) is 12.3. The fraction of sp³-hybridized carbons (Fsp3) is 0.500. The number of aryl methyl sites for hydroxylation is 2. The standard InChI is InChI=1S/C34H44N2O5/c1-7-25-21-29-22-27(32(38)40-23(2)3)18-20-35(29)30(25)31(37)26-16-14-24(15-17-26)11-10-19-36(28-12-8-9-13-28)33(39)41-34(4,5)6/h14-18,20-23,28H,7-13,19H2,1-6H3. The molecule has 0 unspecified atom stereocenters. The van der Waals surface area contributed by atoms with Crippen molar-refractivity contribution in [2.45, 2.75) is 104 Å². The first-order valence-electron chi connectivity index (χ1n) is 14.9. The van der Waals surface area contributed by atoms with Crippen molar-refractivity contribution in [3.05, 3.63) is 76.6 Å². The molecule has 1 aromatic carbocycles. The Morgan fingerprint density at radius 2 is 1.68 bits per heavy atom. The van der Waals surface area contributed by atoms with Crippen LogP contribution in [0.5, 0.6) is 0 Å². The molecule has 7 heteroatoms. The molecule has 0 saturated heterocycles. The van der Waals surface area contributed by atoms with E-state index in [0.717, 1.165) is 55.2 Å². The summed E-state index contributed by atoms with van der Waals surface area (Å²) < 4.78 is 12.9. The van der Waals surface area contributed by atoms with E-state index in [0.29, 0.717) is 29.8 Å². The van der Waals surface area contributed by atoms with Crippen LogP contribution in [0.4, 0.5) is 4.79 Å².